The summed E-state index contributed by atoms with van der Waals surface area (Å²) in [4.78, 5) is 0. The van der Waals surface area contributed by atoms with Crippen LogP contribution in [0.1, 0.15) is 12.0 Å². The molecule has 1 N–H and O–H groups in total. The molecule has 0 bridgehead atoms. The maximum Gasteiger partial charge on any atom is 0.387 e. The van der Waals surface area contributed by atoms with E-state index in [9.17, 15) is 8.78 Å². The molecule has 0 aliphatic carbocycles. The first-order chi connectivity index (χ1) is 9.69. The Morgan fingerprint density at radius 3 is 2.90 bits per heavy atom. The number of rotatable bonds is 7. The average Bonchev–Trinajstić information content (AvgIpc) is 2.91. The van der Waals surface area contributed by atoms with E-state index in [1.54, 1.807) is 12.1 Å². The topological polar surface area (TPSA) is 30.5 Å². The highest BCUT2D eigenvalue weighted by atomic mass is 32.2. The van der Waals surface area contributed by atoms with Crippen molar-refractivity contribution in [1.82, 2.24) is 5.32 Å². The fourth-order valence-electron chi connectivity index (χ4n) is 2.18. The Labute approximate surface area is 122 Å². The molecule has 1 aliphatic rings. The standard InChI is InChI=1S/C14H19F2NO2S/c1-18-12-3-2-10(8-13(12)19-14(15)16)4-6-17-11-5-7-20-9-11/h2-3,8,11,14,17H,4-7,9H2,1H3/t11-/m0/s1. The van der Waals surface area contributed by atoms with E-state index in [0.717, 1.165) is 24.3 Å². The Morgan fingerprint density at radius 2 is 2.25 bits per heavy atom. The Morgan fingerprint density at radius 1 is 1.40 bits per heavy atom. The zero-order chi connectivity index (χ0) is 14.4. The van der Waals surface area contributed by atoms with Gasteiger partial charge in [0.2, 0.25) is 0 Å². The predicted octanol–water partition coefficient (Wildman–Crippen LogP) is 2.93. The van der Waals surface area contributed by atoms with Crippen LogP contribution in [0.5, 0.6) is 11.5 Å². The van der Waals surface area contributed by atoms with Crippen molar-refractivity contribution in [2.45, 2.75) is 25.5 Å². The van der Waals surface area contributed by atoms with E-state index < -0.39 is 6.61 Å². The minimum Gasteiger partial charge on any atom is -0.493 e. The van der Waals surface area contributed by atoms with E-state index in [1.807, 2.05) is 17.8 Å². The molecule has 0 saturated carbocycles. The number of ether oxygens (including phenoxy) is 2. The molecule has 1 aromatic rings. The average molecular weight is 303 g/mol. The van der Waals surface area contributed by atoms with E-state index in [4.69, 9.17) is 4.74 Å². The third-order valence-corrected chi connectivity index (χ3v) is 4.38. The van der Waals surface area contributed by atoms with Gasteiger partial charge in [0.15, 0.2) is 11.5 Å². The minimum atomic E-state index is -2.84. The first kappa shape index (κ1) is 15.4. The minimum absolute atomic E-state index is 0.0939. The van der Waals surface area contributed by atoms with Gasteiger partial charge in [-0.15, -0.1) is 0 Å². The molecule has 1 fully saturated rings. The molecule has 1 heterocycles. The molecule has 0 amide bonds. The van der Waals surface area contributed by atoms with Crippen LogP contribution in [0, 0.1) is 0 Å². The molecular formula is C14H19F2NO2S. The summed E-state index contributed by atoms with van der Waals surface area (Å²) in [6, 6.07) is 5.74. The second kappa shape index (κ2) is 7.69. The van der Waals surface area contributed by atoms with Crippen LogP contribution in [0.3, 0.4) is 0 Å². The highest BCUT2D eigenvalue weighted by Crippen LogP contribution is 2.29. The Kier molecular flexibility index (Phi) is 5.91. The van der Waals surface area contributed by atoms with Gasteiger partial charge in [-0.05, 0) is 42.8 Å². The van der Waals surface area contributed by atoms with Gasteiger partial charge in [0, 0.05) is 11.8 Å². The van der Waals surface area contributed by atoms with Gasteiger partial charge in [0.05, 0.1) is 7.11 Å². The van der Waals surface area contributed by atoms with E-state index >= 15 is 0 Å². The lowest BCUT2D eigenvalue weighted by molar-refractivity contribution is -0.0512. The van der Waals surface area contributed by atoms with Crippen LogP contribution in [0.4, 0.5) is 8.78 Å². The molecule has 1 aliphatic heterocycles. The first-order valence-electron chi connectivity index (χ1n) is 6.62. The maximum absolute atomic E-state index is 12.3. The van der Waals surface area contributed by atoms with Crippen LogP contribution >= 0.6 is 11.8 Å². The van der Waals surface area contributed by atoms with Crippen molar-refractivity contribution in [3.05, 3.63) is 23.8 Å². The smallest absolute Gasteiger partial charge is 0.387 e. The number of methoxy groups -OCH3 is 1. The van der Waals surface area contributed by atoms with Crippen molar-refractivity contribution in [2.75, 3.05) is 25.2 Å². The predicted molar refractivity (Wildman–Crippen MR) is 77.1 cm³/mol. The molecule has 3 nitrogen and oxygen atoms in total. The van der Waals surface area contributed by atoms with Crippen LogP contribution in [0.25, 0.3) is 0 Å². The summed E-state index contributed by atoms with van der Waals surface area (Å²) >= 11 is 1.96. The van der Waals surface area contributed by atoms with Gasteiger partial charge in [-0.1, -0.05) is 6.07 Å². The SMILES string of the molecule is COc1ccc(CCN[C@H]2CCSC2)cc1OC(F)F. The summed E-state index contributed by atoms with van der Waals surface area (Å²) in [5, 5.41) is 3.48. The van der Waals surface area contributed by atoms with E-state index in [1.165, 1.54) is 19.3 Å². The van der Waals surface area contributed by atoms with Crippen molar-refractivity contribution >= 4 is 11.8 Å². The normalized spacial score (nSPS) is 18.5. The number of nitrogens with one attached hydrogen (secondary N) is 1. The number of thioether (sulfide) groups is 1. The largest absolute Gasteiger partial charge is 0.493 e. The lowest BCUT2D eigenvalue weighted by Crippen LogP contribution is -2.30. The van der Waals surface area contributed by atoms with Crippen LogP contribution in [0.15, 0.2) is 18.2 Å². The molecule has 2 rings (SSSR count). The number of halogens is 2. The molecule has 1 aromatic carbocycles. The maximum atomic E-state index is 12.3. The molecule has 0 aromatic heterocycles. The van der Waals surface area contributed by atoms with Gasteiger partial charge in [0.1, 0.15) is 0 Å². The van der Waals surface area contributed by atoms with E-state index in [-0.39, 0.29) is 5.75 Å². The first-order valence-corrected chi connectivity index (χ1v) is 7.77. The summed E-state index contributed by atoms with van der Waals surface area (Å²) in [7, 11) is 1.44. The van der Waals surface area contributed by atoms with Crippen molar-refractivity contribution in [1.29, 1.82) is 0 Å². The second-order valence-corrected chi connectivity index (χ2v) is 5.78. The summed E-state index contributed by atoms with van der Waals surface area (Å²) < 4.78 is 34.1. The summed E-state index contributed by atoms with van der Waals surface area (Å²) in [5.41, 5.74) is 0.958. The second-order valence-electron chi connectivity index (χ2n) is 4.63. The van der Waals surface area contributed by atoms with Crippen molar-refractivity contribution in [2.24, 2.45) is 0 Å². The number of hydrogen-bond donors (Lipinski definition) is 1. The monoisotopic (exact) mass is 303 g/mol. The summed E-state index contributed by atoms with van der Waals surface area (Å²) in [5.74, 6) is 2.79. The number of hydrogen-bond acceptors (Lipinski definition) is 4. The molecule has 1 atom stereocenters. The van der Waals surface area contributed by atoms with Gasteiger partial charge in [-0.25, -0.2) is 0 Å². The fraction of sp³-hybridized carbons (Fsp3) is 0.571. The van der Waals surface area contributed by atoms with Gasteiger partial charge < -0.3 is 14.8 Å². The molecule has 0 spiro atoms. The third kappa shape index (κ3) is 4.52. The zero-order valence-corrected chi connectivity index (χ0v) is 12.2. The molecule has 1 saturated heterocycles. The van der Waals surface area contributed by atoms with E-state index in [2.05, 4.69) is 10.1 Å². The van der Waals surface area contributed by atoms with Gasteiger partial charge >= 0.3 is 6.61 Å². The number of alkyl halides is 2. The summed E-state index contributed by atoms with van der Waals surface area (Å²) in [6.07, 6.45) is 1.98. The number of benzene rings is 1. The van der Waals surface area contributed by atoms with Crippen molar-refractivity contribution < 1.29 is 18.3 Å². The van der Waals surface area contributed by atoms with Gasteiger partial charge in [0.25, 0.3) is 0 Å². The molecular weight excluding hydrogens is 284 g/mol. The highest BCUT2D eigenvalue weighted by molar-refractivity contribution is 7.99. The summed E-state index contributed by atoms with van der Waals surface area (Å²) in [6.45, 7) is -2.00. The molecule has 0 radical (unpaired) electrons. The quantitative estimate of drug-likeness (QED) is 0.839. The van der Waals surface area contributed by atoms with Crippen LogP contribution < -0.4 is 14.8 Å². The van der Waals surface area contributed by atoms with Crippen LogP contribution in [-0.4, -0.2) is 37.8 Å². The van der Waals surface area contributed by atoms with Crippen molar-refractivity contribution in [3.63, 3.8) is 0 Å². The molecule has 0 unspecified atom stereocenters. The molecule has 112 valence electrons. The highest BCUT2D eigenvalue weighted by Gasteiger charge is 2.15. The fourth-order valence-corrected chi connectivity index (χ4v) is 3.37. The molecule has 20 heavy (non-hydrogen) atoms. The van der Waals surface area contributed by atoms with Gasteiger partial charge in [-0.2, -0.15) is 20.5 Å². The van der Waals surface area contributed by atoms with Crippen molar-refractivity contribution in [3.8, 4) is 11.5 Å². The van der Waals surface area contributed by atoms with Gasteiger partial charge in [-0.3, -0.25) is 0 Å². The van der Waals surface area contributed by atoms with Crippen LogP contribution in [0.2, 0.25) is 0 Å². The lowest BCUT2D eigenvalue weighted by atomic mass is 10.1. The zero-order valence-electron chi connectivity index (χ0n) is 11.4. The third-order valence-electron chi connectivity index (χ3n) is 3.22. The Balaban J connectivity index is 1.90. The Hall–Kier alpha value is -1.01. The van der Waals surface area contributed by atoms with E-state index in [0.29, 0.717) is 11.8 Å². The lowest BCUT2D eigenvalue weighted by Gasteiger charge is -2.13. The Bertz CT molecular complexity index is 426. The van der Waals surface area contributed by atoms with Crippen LogP contribution in [-0.2, 0) is 6.42 Å². The molecule has 6 heteroatoms.